The highest BCUT2D eigenvalue weighted by molar-refractivity contribution is 5.95. The third-order valence-corrected chi connectivity index (χ3v) is 3.43. The number of carbonyl (C=O) groups excluding carboxylic acids is 1. The molecule has 0 radical (unpaired) electrons. The highest BCUT2D eigenvalue weighted by Gasteiger charge is 2.22. The topological polar surface area (TPSA) is 82.2 Å². The number of H-pyrrole nitrogens is 1. The summed E-state index contributed by atoms with van der Waals surface area (Å²) < 4.78 is 0. The van der Waals surface area contributed by atoms with Gasteiger partial charge in [0.15, 0.2) is 0 Å². The molecule has 0 bridgehead atoms. The zero-order chi connectivity index (χ0) is 13.1. The number of rotatable bonds is 2. The standard InChI is InChI=1S/C13H18N2O3/c1-8-6-7-14-12(17)11(8)13(18)15-9-2-4-10(16)5-3-9/h6-7,9-10,16H,2-5H2,1H3,(H,14,17)(H,15,18). The Morgan fingerprint density at radius 2 is 2.06 bits per heavy atom. The van der Waals surface area contributed by atoms with Crippen LogP contribution in [0.3, 0.4) is 0 Å². The molecule has 1 aromatic heterocycles. The molecule has 1 amide bonds. The van der Waals surface area contributed by atoms with Crippen molar-refractivity contribution in [2.24, 2.45) is 0 Å². The summed E-state index contributed by atoms with van der Waals surface area (Å²) in [5.41, 5.74) is 0.499. The molecule has 1 aromatic rings. The number of aromatic nitrogens is 1. The Bertz CT molecular complexity index is 487. The normalized spacial score (nSPS) is 23.7. The molecular formula is C13H18N2O3. The first-order valence-corrected chi connectivity index (χ1v) is 6.25. The van der Waals surface area contributed by atoms with Gasteiger partial charge in [-0.25, -0.2) is 0 Å². The molecule has 98 valence electrons. The number of carbonyl (C=O) groups is 1. The number of aromatic amines is 1. The summed E-state index contributed by atoms with van der Waals surface area (Å²) in [5.74, 6) is -0.323. The maximum Gasteiger partial charge on any atom is 0.261 e. The zero-order valence-corrected chi connectivity index (χ0v) is 10.4. The summed E-state index contributed by atoms with van der Waals surface area (Å²) in [5, 5.41) is 12.3. The number of nitrogens with one attached hydrogen (secondary N) is 2. The SMILES string of the molecule is Cc1cc[nH]c(=O)c1C(=O)NC1CCC(O)CC1. The van der Waals surface area contributed by atoms with Crippen molar-refractivity contribution < 1.29 is 9.90 Å². The number of aryl methyl sites for hydroxylation is 1. The van der Waals surface area contributed by atoms with Gasteiger partial charge in [-0.2, -0.15) is 0 Å². The molecular weight excluding hydrogens is 232 g/mol. The van der Waals surface area contributed by atoms with Crippen LogP contribution in [0.5, 0.6) is 0 Å². The third-order valence-electron chi connectivity index (χ3n) is 3.43. The first kappa shape index (κ1) is 12.8. The second kappa shape index (κ2) is 5.35. The van der Waals surface area contributed by atoms with Crippen molar-refractivity contribution in [3.05, 3.63) is 33.7 Å². The average Bonchev–Trinajstić information content (AvgIpc) is 2.32. The molecule has 1 saturated carbocycles. The van der Waals surface area contributed by atoms with Crippen molar-refractivity contribution in [1.29, 1.82) is 0 Å². The van der Waals surface area contributed by atoms with Gasteiger partial charge >= 0.3 is 0 Å². The minimum Gasteiger partial charge on any atom is -0.393 e. The van der Waals surface area contributed by atoms with Crippen LogP contribution in [0.1, 0.15) is 41.6 Å². The number of hydrogen-bond donors (Lipinski definition) is 3. The summed E-state index contributed by atoms with van der Waals surface area (Å²) in [6.07, 6.45) is 4.21. The molecule has 1 fully saturated rings. The molecule has 1 aliphatic rings. The molecule has 2 rings (SSSR count). The van der Waals surface area contributed by atoms with Crippen molar-refractivity contribution in [1.82, 2.24) is 10.3 Å². The number of pyridine rings is 1. The molecule has 3 N–H and O–H groups in total. The van der Waals surface area contributed by atoms with E-state index in [2.05, 4.69) is 10.3 Å². The molecule has 0 aliphatic heterocycles. The highest BCUT2D eigenvalue weighted by atomic mass is 16.3. The summed E-state index contributed by atoms with van der Waals surface area (Å²) >= 11 is 0. The lowest BCUT2D eigenvalue weighted by molar-refractivity contribution is 0.0865. The van der Waals surface area contributed by atoms with E-state index in [4.69, 9.17) is 0 Å². The second-order valence-electron chi connectivity index (χ2n) is 4.84. The van der Waals surface area contributed by atoms with Crippen molar-refractivity contribution >= 4 is 5.91 Å². The van der Waals surface area contributed by atoms with Gasteiger partial charge < -0.3 is 15.4 Å². The van der Waals surface area contributed by atoms with E-state index in [1.54, 1.807) is 13.0 Å². The van der Waals surface area contributed by atoms with E-state index in [-0.39, 0.29) is 29.2 Å². The predicted octanol–water partition coefficient (Wildman–Crippen LogP) is 0.717. The van der Waals surface area contributed by atoms with Crippen LogP contribution in [0.25, 0.3) is 0 Å². The minimum atomic E-state index is -0.358. The van der Waals surface area contributed by atoms with Gasteiger partial charge in [-0.15, -0.1) is 0 Å². The van der Waals surface area contributed by atoms with Gasteiger partial charge in [0.05, 0.1) is 6.10 Å². The van der Waals surface area contributed by atoms with Crippen LogP contribution in [-0.2, 0) is 0 Å². The van der Waals surface area contributed by atoms with Gasteiger partial charge in [0.2, 0.25) is 0 Å². The maximum absolute atomic E-state index is 12.0. The van der Waals surface area contributed by atoms with Crippen LogP contribution in [0, 0.1) is 6.92 Å². The van der Waals surface area contributed by atoms with Gasteiger partial charge in [-0.3, -0.25) is 9.59 Å². The van der Waals surface area contributed by atoms with Gasteiger partial charge in [0.25, 0.3) is 11.5 Å². The van der Waals surface area contributed by atoms with E-state index < -0.39 is 0 Å². The van der Waals surface area contributed by atoms with E-state index in [0.717, 1.165) is 12.8 Å². The summed E-state index contributed by atoms with van der Waals surface area (Å²) in [7, 11) is 0. The molecule has 5 nitrogen and oxygen atoms in total. The smallest absolute Gasteiger partial charge is 0.261 e. The molecule has 0 unspecified atom stereocenters. The number of aliphatic hydroxyl groups is 1. The van der Waals surface area contributed by atoms with Gasteiger partial charge in [-0.1, -0.05) is 0 Å². The van der Waals surface area contributed by atoms with Crippen LogP contribution in [0.4, 0.5) is 0 Å². The monoisotopic (exact) mass is 250 g/mol. The number of hydrogen-bond acceptors (Lipinski definition) is 3. The fraction of sp³-hybridized carbons (Fsp3) is 0.538. The fourth-order valence-corrected chi connectivity index (χ4v) is 2.34. The van der Waals surface area contributed by atoms with Crippen LogP contribution in [0.15, 0.2) is 17.1 Å². The lowest BCUT2D eigenvalue weighted by atomic mass is 9.93. The Labute approximate surface area is 105 Å². The molecule has 0 saturated heterocycles. The molecule has 1 heterocycles. The molecule has 0 atom stereocenters. The van der Waals surface area contributed by atoms with Crippen molar-refractivity contribution in [2.45, 2.75) is 44.8 Å². The van der Waals surface area contributed by atoms with E-state index in [1.165, 1.54) is 6.20 Å². The molecule has 1 aliphatic carbocycles. The van der Waals surface area contributed by atoms with Crippen LogP contribution in [0.2, 0.25) is 0 Å². The summed E-state index contributed by atoms with van der Waals surface area (Å²) in [4.78, 5) is 26.2. The van der Waals surface area contributed by atoms with E-state index >= 15 is 0 Å². The summed E-state index contributed by atoms with van der Waals surface area (Å²) in [6, 6.07) is 1.76. The number of amides is 1. The quantitative estimate of drug-likeness (QED) is 0.723. The Hall–Kier alpha value is -1.62. The van der Waals surface area contributed by atoms with Gasteiger partial charge in [0, 0.05) is 12.2 Å². The van der Waals surface area contributed by atoms with Crippen LogP contribution < -0.4 is 10.9 Å². The Morgan fingerprint density at radius 1 is 1.39 bits per heavy atom. The minimum absolute atomic E-state index is 0.0555. The number of aliphatic hydroxyl groups excluding tert-OH is 1. The van der Waals surface area contributed by atoms with Crippen molar-refractivity contribution in [2.75, 3.05) is 0 Å². The van der Waals surface area contributed by atoms with E-state index in [9.17, 15) is 14.7 Å². The summed E-state index contributed by atoms with van der Waals surface area (Å²) in [6.45, 7) is 1.74. The highest BCUT2D eigenvalue weighted by Crippen LogP contribution is 2.18. The fourth-order valence-electron chi connectivity index (χ4n) is 2.34. The average molecular weight is 250 g/mol. The molecule has 18 heavy (non-hydrogen) atoms. The maximum atomic E-state index is 12.0. The first-order chi connectivity index (χ1) is 8.58. The van der Waals surface area contributed by atoms with Gasteiger partial charge in [-0.05, 0) is 44.2 Å². The second-order valence-corrected chi connectivity index (χ2v) is 4.84. The van der Waals surface area contributed by atoms with Crippen molar-refractivity contribution in [3.8, 4) is 0 Å². The van der Waals surface area contributed by atoms with Crippen LogP contribution in [-0.4, -0.2) is 28.1 Å². The van der Waals surface area contributed by atoms with Crippen molar-refractivity contribution in [3.63, 3.8) is 0 Å². The largest absolute Gasteiger partial charge is 0.393 e. The lowest BCUT2D eigenvalue weighted by Gasteiger charge is -2.26. The third kappa shape index (κ3) is 2.79. The molecule has 0 aromatic carbocycles. The van der Waals surface area contributed by atoms with E-state index in [0.29, 0.717) is 18.4 Å². The van der Waals surface area contributed by atoms with Crippen LogP contribution >= 0.6 is 0 Å². The lowest BCUT2D eigenvalue weighted by Crippen LogP contribution is -2.40. The van der Waals surface area contributed by atoms with E-state index in [1.807, 2.05) is 0 Å². The molecule has 5 heteroatoms. The molecule has 0 spiro atoms. The Kier molecular flexibility index (Phi) is 3.81. The first-order valence-electron chi connectivity index (χ1n) is 6.25. The van der Waals surface area contributed by atoms with Gasteiger partial charge in [0.1, 0.15) is 5.56 Å². The Balaban J connectivity index is 2.06. The predicted molar refractivity (Wildman–Crippen MR) is 67.5 cm³/mol. The Morgan fingerprint density at radius 3 is 2.67 bits per heavy atom. The zero-order valence-electron chi connectivity index (χ0n) is 10.4.